The summed E-state index contributed by atoms with van der Waals surface area (Å²) in [5.74, 6) is -6.01. The number of hydrogen-bond acceptors (Lipinski definition) is 15. The first-order valence-electron chi connectivity index (χ1n) is 38.4. The summed E-state index contributed by atoms with van der Waals surface area (Å²) < 4.78 is 5.13. The third-order valence-electron chi connectivity index (χ3n) is 21.3. The average molecular weight is 2500 g/mol. The van der Waals surface area contributed by atoms with Crippen LogP contribution >= 0.6 is 0 Å². The van der Waals surface area contributed by atoms with Gasteiger partial charge >= 0.3 is 488 Å². The van der Waals surface area contributed by atoms with E-state index in [0.717, 1.165) is 139 Å². The largest absolute Gasteiger partial charge is 1.00 e. The van der Waals surface area contributed by atoms with Gasteiger partial charge in [-0.1, -0.05) is 262 Å². The Balaban J connectivity index is 0.000000496. The molecule has 0 heterocycles. The minimum Gasteiger partial charge on any atom is -0.554 e. The number of aromatic carboxylic acids is 4. The van der Waals surface area contributed by atoms with E-state index in [-0.39, 0.29) is 508 Å². The first-order valence-corrected chi connectivity index (χ1v) is 38.4. The van der Waals surface area contributed by atoms with Crippen LogP contribution in [0.5, 0.6) is 5.75 Å². The molecule has 0 amide bonds. The molecule has 0 saturated carbocycles. The van der Waals surface area contributed by atoms with Crippen molar-refractivity contribution < 1.29 is 557 Å². The molecule has 15 nitrogen and oxygen atoms in total. The third-order valence-corrected chi connectivity index (χ3v) is 21.3. The molecule has 125 heavy (non-hydrogen) atoms. The Kier molecular flexibility index (Phi) is 53.8. The quantitative estimate of drug-likeness (QED) is 0.122. The molecule has 0 atom stereocenters. The van der Waals surface area contributed by atoms with Crippen LogP contribution in [0.25, 0.3) is 65.7 Å². The van der Waals surface area contributed by atoms with Crippen LogP contribution in [-0.2, 0) is 32.0 Å². The molecule has 0 radical (unpaired) electrons. The van der Waals surface area contributed by atoms with Crippen LogP contribution in [0.3, 0.4) is 0 Å². The number of benzene rings is 13. The second-order valence-corrected chi connectivity index (χ2v) is 30.5. The Morgan fingerprint density at radius 3 is 1.18 bits per heavy atom. The van der Waals surface area contributed by atoms with E-state index in [4.69, 9.17) is 14.3 Å². The molecule has 0 bridgehead atoms. The molecule has 0 fully saturated rings. The van der Waals surface area contributed by atoms with Crippen molar-refractivity contribution in [2.24, 2.45) is 0 Å². The van der Waals surface area contributed by atoms with Gasteiger partial charge in [-0.2, -0.15) is 9.59 Å². The Labute approximate surface area is 1150 Å². The average Bonchev–Trinajstić information content (AvgIpc) is 1.58. The molecule has 17 rings (SSSR count). The van der Waals surface area contributed by atoms with Gasteiger partial charge in [-0.3, -0.25) is 0 Å². The molecule has 3 aliphatic carbocycles. The maximum Gasteiger partial charge on any atom is 1.00 e. The molecule has 0 aliphatic heterocycles. The first kappa shape index (κ1) is 120. The molecule has 14 aromatic carbocycles. The molecule has 0 N–H and O–H groups in total. The van der Waals surface area contributed by atoms with E-state index >= 15 is 0 Å². The van der Waals surface area contributed by atoms with Crippen molar-refractivity contribution in [3.63, 3.8) is 0 Å². The summed E-state index contributed by atoms with van der Waals surface area (Å²) in [6, 6.07) is 75.4. The fraction of sp³-hybridized carbons (Fsp3) is 0.184. The number of carboxylic acid groups (broad SMARTS) is 6. The summed E-state index contributed by atoms with van der Waals surface area (Å²) in [6.07, 6.45) is 1.15. The maximum atomic E-state index is 11.4. The van der Waals surface area contributed by atoms with Crippen LogP contribution in [0.15, 0.2) is 231 Å². The zero-order chi connectivity index (χ0) is 85.8. The minimum atomic E-state index is -1.14. The number of methoxy groups -OCH3 is 1. The van der Waals surface area contributed by atoms with Crippen LogP contribution in [0.2, 0.25) is 0 Å². The van der Waals surface area contributed by atoms with E-state index in [9.17, 15) is 59.4 Å². The Hall–Kier alpha value is 0.354. The molecule has 14 aromatic rings. The standard InChI is InChI=1S/C22H18O2.C16H14O2.C16H13O2.C16H14O2.C13H12O2.C10H12O2.C9H12O.CO2.7Cs.H2/c1-13-3-9-17-18-10-4-14(2)12-20(18)21(19(17)11-13)15-5-7-16(8-6-15)22(23)24;2*1-9-3-5-11-12-6-4-10(2)8-14(12)15(16(17)18)13(11)7-9;1-9-3-4-13-11(5-9)7-12-6-10(2)14(16(17)18)8-15(12)13;1-8-3-6-11-10(7-8)5-4-9(2)12(11)13(14)15;1-7-3-4-8(2)9(5-7)6-10(11)12;1-7-4-5-8(2)9(6-7)10-3;2-1-3;;;;;;;;/h3-12,21H,1-2H3,(H,23,24);3-8,15H,1-2H3,(H,17,18);3-8H,1-2H3,(H,17,18);3-6,8H,7H2,1-2H3,(H,17,18);3-7H,1-2H3,(H,14,15);3-5H,6H2,1-2H3,(H,11,12);4-6H,1-3H3;;;;;;;;;1H/q;;-1;;;;;;7*+1;/p-6. The Morgan fingerprint density at radius 1 is 0.368 bits per heavy atom. The van der Waals surface area contributed by atoms with Crippen LogP contribution in [0, 0.1) is 96.9 Å². The monoisotopic (exact) mass is 2500 g/mol. The smallest absolute Gasteiger partial charge is 0.554 e. The molecular weight excluding hydrogens is 2410 g/mol. The Bertz CT molecular complexity index is 6170. The molecule has 3 aliphatic rings. The van der Waals surface area contributed by atoms with Crippen molar-refractivity contribution in [1.29, 1.82) is 0 Å². The van der Waals surface area contributed by atoms with Gasteiger partial charge < -0.3 is 64.1 Å². The van der Waals surface area contributed by atoms with E-state index in [0.29, 0.717) is 16.7 Å². The second-order valence-electron chi connectivity index (χ2n) is 30.5. The number of aliphatic carboxylic acids is 2. The van der Waals surface area contributed by atoms with Gasteiger partial charge in [0.2, 0.25) is 0 Å². The van der Waals surface area contributed by atoms with Gasteiger partial charge in [-0.05, 0) is 238 Å². The number of rotatable bonds is 9. The zero-order valence-corrected chi connectivity index (χ0v) is 120. The van der Waals surface area contributed by atoms with E-state index < -0.39 is 41.7 Å². The molecular formula is C103H91Cs7O15. The first-order chi connectivity index (χ1) is 56.1. The van der Waals surface area contributed by atoms with E-state index in [1.165, 1.54) is 61.2 Å². The van der Waals surface area contributed by atoms with Crippen molar-refractivity contribution in [1.82, 2.24) is 0 Å². The predicted molar refractivity (Wildman–Crippen MR) is 453 cm³/mol. The van der Waals surface area contributed by atoms with Crippen LogP contribution < -0.4 is 518 Å². The second kappa shape index (κ2) is 56.3. The van der Waals surface area contributed by atoms with Gasteiger partial charge in [0.15, 0.2) is 0 Å². The van der Waals surface area contributed by atoms with Gasteiger partial charge in [-0.15, -0.1) is 33.7 Å². The van der Waals surface area contributed by atoms with Crippen molar-refractivity contribution in [3.8, 4) is 39.1 Å². The van der Waals surface area contributed by atoms with E-state index in [1.54, 1.807) is 32.2 Å². The summed E-state index contributed by atoms with van der Waals surface area (Å²) in [7, 11) is 1.70. The number of carboxylic acids is 6. The number of carbonyl (C=O) groups excluding carboxylic acids is 8. The topological polar surface area (TPSA) is 284 Å². The maximum absolute atomic E-state index is 11.4. The van der Waals surface area contributed by atoms with E-state index in [1.807, 2.05) is 208 Å². The number of aryl methyl sites for hydroxylation is 14. The fourth-order valence-electron chi connectivity index (χ4n) is 15.6. The van der Waals surface area contributed by atoms with Crippen molar-refractivity contribution in [2.45, 2.75) is 122 Å². The van der Waals surface area contributed by atoms with Crippen molar-refractivity contribution in [3.05, 3.63) is 375 Å². The van der Waals surface area contributed by atoms with Gasteiger partial charge in [0.05, 0.1) is 31.0 Å². The third kappa shape index (κ3) is 31.4. The normalized spacial score (nSPS) is 10.7. The summed E-state index contributed by atoms with van der Waals surface area (Å²) >= 11 is 0. The van der Waals surface area contributed by atoms with Crippen molar-refractivity contribution >= 4 is 74.3 Å². The summed E-state index contributed by atoms with van der Waals surface area (Å²) in [6.45, 7) is 27.7. The molecule has 0 saturated heterocycles. The van der Waals surface area contributed by atoms with Crippen LogP contribution in [0.4, 0.5) is 0 Å². The van der Waals surface area contributed by atoms with Gasteiger partial charge in [0, 0.05) is 42.7 Å². The molecule has 0 aromatic heterocycles. The SMILES string of the molecule is COc1cc(C)ccc1C.Cc1ccc(C)c(CC(=O)[O-])c1.Cc1ccc2c(C(=O)[O-])c(C)ccc2c1.Cc1ccc2c(c1)C(C(=O)[O-])c1cc(C)ccc1-2.Cc1ccc2c(c1)C(c1ccc(C(=O)[O-])cc1)c1cc(C)ccc1-2.Cc1ccc2c(c1)Cc1cc(C)c(C(=O)[O-])cc1-2.Cc1ccc2c3ccc(C)cc3[c-](C(=O)[O-])c2c1.O=C=O.[Cs+].[Cs+].[Cs+].[Cs+].[Cs+].[Cs+].[Cs+].[HH]. The number of carbonyl (C=O) groups is 6. The number of ether oxygens (including phenoxy) is 1. The van der Waals surface area contributed by atoms with Gasteiger partial charge in [-0.25, -0.2) is 0 Å². The molecule has 0 spiro atoms. The predicted octanol–water partition coefficient (Wildman–Crippen LogP) is -5.66. The molecule has 600 valence electrons. The van der Waals surface area contributed by atoms with Crippen LogP contribution in [0.1, 0.15) is 177 Å². The fourth-order valence-corrected chi connectivity index (χ4v) is 15.6. The number of hydrogen-bond donors (Lipinski definition) is 0. The summed E-state index contributed by atoms with van der Waals surface area (Å²) in [4.78, 5) is 82.5. The van der Waals surface area contributed by atoms with Crippen molar-refractivity contribution in [2.75, 3.05) is 7.11 Å². The van der Waals surface area contributed by atoms with Crippen LogP contribution in [-0.4, -0.2) is 49.1 Å². The number of fused-ring (bicyclic) bond motifs is 13. The van der Waals surface area contributed by atoms with Gasteiger partial charge in [0.1, 0.15) is 5.75 Å². The Morgan fingerprint density at radius 2 is 0.752 bits per heavy atom. The minimum absolute atomic E-state index is 0. The van der Waals surface area contributed by atoms with Gasteiger partial charge in [0.25, 0.3) is 0 Å². The molecule has 22 heteroatoms. The van der Waals surface area contributed by atoms with E-state index in [2.05, 4.69) is 94.4 Å². The molecule has 0 unspecified atom stereocenters. The summed E-state index contributed by atoms with van der Waals surface area (Å²) in [5.41, 5.74) is 31.7. The summed E-state index contributed by atoms with van der Waals surface area (Å²) in [5, 5.41) is 71.5. The zero-order valence-electron chi connectivity index (χ0n) is 75.6.